The van der Waals surface area contributed by atoms with Crippen molar-refractivity contribution in [2.75, 3.05) is 12.4 Å². The Kier molecular flexibility index (Phi) is 5.77. The van der Waals surface area contributed by atoms with Gasteiger partial charge in [0.25, 0.3) is 17.0 Å². The zero-order chi connectivity index (χ0) is 21.0. The number of ether oxygens (including phenoxy) is 2. The minimum atomic E-state index is -1.13. The molecule has 1 atom stereocenters. The average Bonchev–Trinajstić information content (AvgIpc) is 2.72. The molecule has 0 saturated heterocycles. The zero-order valence-corrected chi connectivity index (χ0v) is 15.8. The maximum absolute atomic E-state index is 12.4. The second-order valence-electron chi connectivity index (χ2n) is 6.20. The SMILES string of the molecule is COc1ccccc1NC(=O)C(C)OC(=O)Cn1[nH]c(=O)c2ccccc2c1=O. The van der Waals surface area contributed by atoms with E-state index < -0.39 is 35.6 Å². The van der Waals surface area contributed by atoms with Crippen LogP contribution in [0.15, 0.2) is 58.1 Å². The van der Waals surface area contributed by atoms with E-state index in [-0.39, 0.29) is 10.8 Å². The Morgan fingerprint density at radius 3 is 2.45 bits per heavy atom. The summed E-state index contributed by atoms with van der Waals surface area (Å²) in [6.45, 7) is 0.861. The predicted octanol–water partition coefficient (Wildman–Crippen LogP) is 1.27. The summed E-state index contributed by atoms with van der Waals surface area (Å²) in [7, 11) is 1.47. The van der Waals surface area contributed by atoms with Crippen molar-refractivity contribution in [3.8, 4) is 5.75 Å². The summed E-state index contributed by atoms with van der Waals surface area (Å²) >= 11 is 0. The highest BCUT2D eigenvalue weighted by Gasteiger charge is 2.20. The standard InChI is InChI=1S/C20H19N3O6/c1-12(18(25)21-15-9-5-6-10-16(15)28-2)29-17(24)11-23-20(27)14-8-4-3-7-13(14)19(26)22-23/h3-10,12H,11H2,1-2H3,(H,21,25)(H,22,26). The lowest BCUT2D eigenvalue weighted by Crippen LogP contribution is -2.36. The number of nitrogens with zero attached hydrogens (tertiary/aromatic N) is 1. The van der Waals surface area contributed by atoms with E-state index in [1.165, 1.54) is 26.2 Å². The number of aromatic nitrogens is 2. The van der Waals surface area contributed by atoms with E-state index in [4.69, 9.17) is 9.47 Å². The minimum absolute atomic E-state index is 0.186. The Balaban J connectivity index is 1.70. The molecule has 3 aromatic rings. The first-order valence-corrected chi connectivity index (χ1v) is 8.76. The third-order valence-electron chi connectivity index (χ3n) is 4.21. The molecule has 9 heteroatoms. The Hall–Kier alpha value is -3.88. The van der Waals surface area contributed by atoms with Gasteiger partial charge >= 0.3 is 5.97 Å². The molecule has 29 heavy (non-hydrogen) atoms. The molecular weight excluding hydrogens is 378 g/mol. The van der Waals surface area contributed by atoms with Crippen molar-refractivity contribution < 1.29 is 19.1 Å². The molecule has 0 saturated carbocycles. The lowest BCUT2D eigenvalue weighted by molar-refractivity contribution is -0.154. The molecule has 2 N–H and O–H groups in total. The monoisotopic (exact) mass is 397 g/mol. The van der Waals surface area contributed by atoms with Gasteiger partial charge < -0.3 is 14.8 Å². The van der Waals surface area contributed by atoms with Gasteiger partial charge in [-0.05, 0) is 31.2 Å². The Morgan fingerprint density at radius 2 is 1.72 bits per heavy atom. The summed E-state index contributed by atoms with van der Waals surface area (Å²) in [6, 6.07) is 13.1. The van der Waals surface area contributed by atoms with Gasteiger partial charge in [-0.25, -0.2) is 4.68 Å². The van der Waals surface area contributed by atoms with Gasteiger partial charge in [0.1, 0.15) is 12.3 Å². The fourth-order valence-electron chi connectivity index (χ4n) is 2.76. The van der Waals surface area contributed by atoms with Gasteiger partial charge in [0.2, 0.25) is 0 Å². The molecule has 0 aliphatic rings. The fraction of sp³-hybridized carbons (Fsp3) is 0.200. The van der Waals surface area contributed by atoms with Gasteiger partial charge in [-0.1, -0.05) is 24.3 Å². The third kappa shape index (κ3) is 4.34. The third-order valence-corrected chi connectivity index (χ3v) is 4.21. The van der Waals surface area contributed by atoms with Crippen LogP contribution in [0.4, 0.5) is 5.69 Å². The number of benzene rings is 2. The maximum Gasteiger partial charge on any atom is 0.328 e. The molecule has 2 aromatic carbocycles. The van der Waals surface area contributed by atoms with Crippen molar-refractivity contribution in [2.24, 2.45) is 0 Å². The Labute approximate surface area is 164 Å². The van der Waals surface area contributed by atoms with Gasteiger partial charge in [0.05, 0.1) is 23.6 Å². The van der Waals surface area contributed by atoms with Gasteiger partial charge in [0, 0.05) is 0 Å². The van der Waals surface area contributed by atoms with Gasteiger partial charge in [-0.2, -0.15) is 0 Å². The Morgan fingerprint density at radius 1 is 1.07 bits per heavy atom. The quantitative estimate of drug-likeness (QED) is 0.605. The first-order chi connectivity index (χ1) is 13.9. The Bertz CT molecular complexity index is 1180. The summed E-state index contributed by atoms with van der Waals surface area (Å²) < 4.78 is 11.1. The van der Waals surface area contributed by atoms with Crippen LogP contribution in [0.3, 0.4) is 0 Å². The van der Waals surface area contributed by atoms with E-state index in [0.29, 0.717) is 11.4 Å². The van der Waals surface area contributed by atoms with Crippen molar-refractivity contribution in [1.29, 1.82) is 0 Å². The second kappa shape index (κ2) is 8.42. The number of aromatic amines is 1. The first-order valence-electron chi connectivity index (χ1n) is 8.76. The lowest BCUT2D eigenvalue weighted by atomic mass is 10.2. The highest BCUT2D eigenvalue weighted by molar-refractivity contribution is 5.96. The number of hydrogen-bond donors (Lipinski definition) is 2. The number of carbonyl (C=O) groups excluding carboxylic acids is 2. The predicted molar refractivity (Wildman–Crippen MR) is 106 cm³/mol. The number of fused-ring (bicyclic) bond motifs is 1. The van der Waals surface area contributed by atoms with E-state index in [1.807, 2.05) is 0 Å². The van der Waals surface area contributed by atoms with Crippen molar-refractivity contribution in [1.82, 2.24) is 9.78 Å². The van der Waals surface area contributed by atoms with E-state index in [0.717, 1.165) is 4.68 Å². The molecule has 0 radical (unpaired) electrons. The minimum Gasteiger partial charge on any atom is -0.495 e. The van der Waals surface area contributed by atoms with Crippen LogP contribution in [0.2, 0.25) is 0 Å². The van der Waals surface area contributed by atoms with Crippen LogP contribution in [0, 0.1) is 0 Å². The molecule has 0 bridgehead atoms. The topological polar surface area (TPSA) is 119 Å². The van der Waals surface area contributed by atoms with Crippen LogP contribution in [0.5, 0.6) is 5.75 Å². The molecule has 1 heterocycles. The van der Waals surface area contributed by atoms with Gasteiger partial charge in [-0.15, -0.1) is 0 Å². The van der Waals surface area contributed by atoms with E-state index >= 15 is 0 Å². The molecular formula is C20H19N3O6. The molecule has 1 aromatic heterocycles. The fourth-order valence-corrected chi connectivity index (χ4v) is 2.76. The van der Waals surface area contributed by atoms with Crippen LogP contribution in [-0.2, 0) is 20.9 Å². The normalized spacial score (nSPS) is 11.7. The lowest BCUT2D eigenvalue weighted by Gasteiger charge is -2.15. The molecule has 1 amide bonds. The van der Waals surface area contributed by atoms with Gasteiger partial charge in [0.15, 0.2) is 6.10 Å². The van der Waals surface area contributed by atoms with Crippen LogP contribution >= 0.6 is 0 Å². The number of esters is 1. The largest absolute Gasteiger partial charge is 0.495 e. The molecule has 0 spiro atoms. The first kappa shape index (κ1) is 19.9. The number of carbonyl (C=O) groups is 2. The number of H-pyrrole nitrogens is 1. The molecule has 0 fully saturated rings. The van der Waals surface area contributed by atoms with Crippen molar-refractivity contribution in [2.45, 2.75) is 19.6 Å². The number of hydrogen-bond acceptors (Lipinski definition) is 6. The second-order valence-corrected chi connectivity index (χ2v) is 6.20. The number of anilines is 1. The van der Waals surface area contributed by atoms with Crippen molar-refractivity contribution >= 4 is 28.3 Å². The number of amides is 1. The smallest absolute Gasteiger partial charge is 0.328 e. The maximum atomic E-state index is 12.4. The number of rotatable bonds is 6. The van der Waals surface area contributed by atoms with Crippen molar-refractivity contribution in [3.63, 3.8) is 0 Å². The molecule has 3 rings (SSSR count). The van der Waals surface area contributed by atoms with Crippen molar-refractivity contribution in [3.05, 3.63) is 69.2 Å². The molecule has 150 valence electrons. The molecule has 9 nitrogen and oxygen atoms in total. The van der Waals surface area contributed by atoms with Gasteiger partial charge in [-0.3, -0.25) is 24.3 Å². The summed E-state index contributed by atoms with van der Waals surface area (Å²) in [5.74, 6) is -0.956. The molecule has 0 aliphatic carbocycles. The highest BCUT2D eigenvalue weighted by atomic mass is 16.5. The highest BCUT2D eigenvalue weighted by Crippen LogP contribution is 2.23. The van der Waals surface area contributed by atoms with E-state index in [2.05, 4.69) is 10.4 Å². The van der Waals surface area contributed by atoms with E-state index in [9.17, 15) is 19.2 Å². The van der Waals surface area contributed by atoms with Crippen LogP contribution in [0.25, 0.3) is 10.8 Å². The van der Waals surface area contributed by atoms with Crippen LogP contribution in [0.1, 0.15) is 6.92 Å². The van der Waals surface area contributed by atoms with E-state index in [1.54, 1.807) is 36.4 Å². The zero-order valence-electron chi connectivity index (χ0n) is 15.8. The average molecular weight is 397 g/mol. The number of methoxy groups -OCH3 is 1. The van der Waals surface area contributed by atoms with Crippen LogP contribution < -0.4 is 21.2 Å². The summed E-state index contributed by atoms with van der Waals surface area (Å²) in [4.78, 5) is 49.0. The number of para-hydroxylation sites is 2. The molecule has 0 aliphatic heterocycles. The summed E-state index contributed by atoms with van der Waals surface area (Å²) in [6.07, 6.45) is -1.13. The van der Waals surface area contributed by atoms with Crippen LogP contribution in [-0.4, -0.2) is 34.9 Å². The summed E-state index contributed by atoms with van der Waals surface area (Å²) in [5.41, 5.74) is -0.615. The summed E-state index contributed by atoms with van der Waals surface area (Å²) in [5, 5.41) is 5.36. The number of nitrogens with one attached hydrogen (secondary N) is 2. The molecule has 1 unspecified atom stereocenters.